The average molecular weight is 312 g/mol. The van der Waals surface area contributed by atoms with Crippen LogP contribution in [-0.4, -0.2) is 0 Å². The Morgan fingerprint density at radius 3 is 1.33 bits per heavy atom. The van der Waals surface area contributed by atoms with E-state index in [1.165, 1.54) is 16.7 Å². The van der Waals surface area contributed by atoms with Crippen LogP contribution in [0, 0.1) is 0 Å². The lowest BCUT2D eigenvalue weighted by molar-refractivity contribution is -0.00000387. The number of nitrogens with zero attached hydrogens (tertiary/aromatic N) is 1. The molecule has 21 heavy (non-hydrogen) atoms. The molecule has 3 aromatic rings. The van der Waals surface area contributed by atoms with Crippen molar-refractivity contribution in [2.45, 2.75) is 0 Å². The van der Waals surface area contributed by atoms with Gasteiger partial charge in [-0.3, -0.25) is 0 Å². The van der Waals surface area contributed by atoms with Gasteiger partial charge >= 0.3 is 0 Å². The highest BCUT2D eigenvalue weighted by atomic mass is 35.5. The van der Waals surface area contributed by atoms with Crippen LogP contribution in [-0.2, 0) is 0 Å². The Kier molecular flexibility index (Phi) is 5.68. The van der Waals surface area contributed by atoms with Gasteiger partial charge < -0.3 is 12.4 Å². The van der Waals surface area contributed by atoms with Crippen LogP contribution in [0.3, 0.4) is 0 Å². The summed E-state index contributed by atoms with van der Waals surface area (Å²) >= 11 is 0. The minimum atomic E-state index is 0. The number of rotatable bonds is 3. The molecule has 0 radical (unpaired) electrons. The molecule has 0 heterocycles. The first-order chi connectivity index (χ1) is 9.93. The smallest absolute Gasteiger partial charge is 0.258 e. The summed E-state index contributed by atoms with van der Waals surface area (Å²) in [5.74, 6) is 0. The Hall–Kier alpha value is -1.95. The zero-order valence-corrected chi connectivity index (χ0v) is 13.1. The van der Waals surface area contributed by atoms with Crippen molar-refractivity contribution in [3.63, 3.8) is 0 Å². The number of hydrogen-bond acceptors (Lipinski definition) is 0. The summed E-state index contributed by atoms with van der Waals surface area (Å²) in [7, 11) is 1.16. The Morgan fingerprint density at radius 1 is 0.524 bits per heavy atom. The van der Waals surface area contributed by atoms with Crippen molar-refractivity contribution >= 4 is 25.1 Å². The minimum absolute atomic E-state index is 0. The first kappa shape index (κ1) is 15.4. The van der Waals surface area contributed by atoms with Crippen LogP contribution in [0.2, 0.25) is 0 Å². The maximum atomic E-state index is 2.30. The van der Waals surface area contributed by atoms with Crippen molar-refractivity contribution in [1.29, 1.82) is 0 Å². The van der Waals surface area contributed by atoms with Crippen molar-refractivity contribution in [3.8, 4) is 0 Å². The Bertz CT molecular complexity index is 656. The molecular formula is C18H15ClNP. The molecule has 1 nitrogen and oxygen atoms in total. The molecule has 104 valence electrons. The zero-order valence-electron chi connectivity index (χ0n) is 11.4. The molecule has 0 unspecified atom stereocenters. The Labute approximate surface area is 133 Å². The van der Waals surface area contributed by atoms with Gasteiger partial charge in [-0.05, 0) is 12.1 Å². The second-order valence-corrected chi connectivity index (χ2v) is 5.53. The van der Waals surface area contributed by atoms with Crippen LogP contribution in [0.4, 0.5) is 11.4 Å². The van der Waals surface area contributed by atoms with Crippen molar-refractivity contribution in [3.05, 3.63) is 91.0 Å². The summed E-state index contributed by atoms with van der Waals surface area (Å²) in [6, 6.07) is 31.5. The maximum absolute atomic E-state index is 2.30. The third kappa shape index (κ3) is 4.01. The lowest BCUT2D eigenvalue weighted by atomic mass is 10.3. The van der Waals surface area contributed by atoms with Crippen molar-refractivity contribution < 1.29 is 12.4 Å². The fourth-order valence-electron chi connectivity index (χ4n) is 2.01. The molecule has 0 saturated carbocycles. The van der Waals surface area contributed by atoms with Gasteiger partial charge in [0.2, 0.25) is 11.4 Å². The minimum Gasteiger partial charge on any atom is -1.00 e. The molecule has 0 atom stereocenters. The maximum Gasteiger partial charge on any atom is 0.258 e. The van der Waals surface area contributed by atoms with E-state index >= 15 is 0 Å². The molecule has 3 heteroatoms. The summed E-state index contributed by atoms with van der Waals surface area (Å²) in [5.41, 5.74) is 2.40. The zero-order chi connectivity index (χ0) is 13.6. The number of para-hydroxylation sites is 2. The van der Waals surface area contributed by atoms with Gasteiger partial charge in [0.25, 0.3) is 8.37 Å². The predicted molar refractivity (Wildman–Crippen MR) is 87.3 cm³/mol. The molecule has 0 fully saturated rings. The van der Waals surface area contributed by atoms with Gasteiger partial charge in [0.1, 0.15) is 0 Å². The van der Waals surface area contributed by atoms with Gasteiger partial charge in [0.15, 0.2) is 0 Å². The van der Waals surface area contributed by atoms with E-state index < -0.39 is 0 Å². The highest BCUT2D eigenvalue weighted by molar-refractivity contribution is 7.37. The summed E-state index contributed by atoms with van der Waals surface area (Å²) in [6.07, 6.45) is 0. The molecule has 0 bridgehead atoms. The van der Waals surface area contributed by atoms with Crippen LogP contribution < -0.4 is 22.0 Å². The molecule has 0 amide bonds. The number of halogens is 1. The number of benzene rings is 3. The van der Waals surface area contributed by atoms with Crippen LogP contribution in [0.1, 0.15) is 0 Å². The second kappa shape index (κ2) is 7.73. The standard InChI is InChI=1S/C18H15NP.ClH/c1-4-10-16(11-5-1)19(17-12-6-2-7-13-17)20-18-14-8-3-9-15-18;/h1-15H;1H/q+1;/p-1. The molecular weight excluding hydrogens is 297 g/mol. The third-order valence-electron chi connectivity index (χ3n) is 2.97. The van der Waals surface area contributed by atoms with E-state index in [0.29, 0.717) is 0 Å². The molecule has 0 aromatic heterocycles. The van der Waals surface area contributed by atoms with Crippen molar-refractivity contribution in [1.82, 2.24) is 4.33 Å². The van der Waals surface area contributed by atoms with Crippen molar-refractivity contribution in [2.75, 3.05) is 0 Å². The Morgan fingerprint density at radius 2 is 0.905 bits per heavy atom. The third-order valence-corrected chi connectivity index (χ3v) is 4.16. The monoisotopic (exact) mass is 311 g/mol. The molecule has 0 aliphatic rings. The van der Waals surface area contributed by atoms with Crippen LogP contribution in [0.15, 0.2) is 91.0 Å². The lowest BCUT2D eigenvalue weighted by Crippen LogP contribution is -3.00. The van der Waals surface area contributed by atoms with E-state index in [2.05, 4.69) is 77.1 Å². The first-order valence-electron chi connectivity index (χ1n) is 6.60. The summed E-state index contributed by atoms with van der Waals surface area (Å²) in [6.45, 7) is 0. The van der Waals surface area contributed by atoms with E-state index in [4.69, 9.17) is 0 Å². The van der Waals surface area contributed by atoms with Gasteiger partial charge in [-0.25, -0.2) is 0 Å². The molecule has 0 aliphatic heterocycles. The molecule has 0 saturated heterocycles. The van der Waals surface area contributed by atoms with E-state index in [1.54, 1.807) is 0 Å². The fourth-order valence-corrected chi connectivity index (χ4v) is 3.05. The highest BCUT2D eigenvalue weighted by Crippen LogP contribution is 2.24. The van der Waals surface area contributed by atoms with Crippen LogP contribution in [0.25, 0.3) is 0 Å². The van der Waals surface area contributed by atoms with Gasteiger partial charge in [0.05, 0.1) is 5.30 Å². The largest absolute Gasteiger partial charge is 1.00 e. The van der Waals surface area contributed by atoms with Crippen LogP contribution in [0.5, 0.6) is 0 Å². The molecule has 0 spiro atoms. The predicted octanol–water partition coefficient (Wildman–Crippen LogP) is 1.98. The average Bonchev–Trinajstić information content (AvgIpc) is 2.55. The molecule has 0 N–H and O–H groups in total. The second-order valence-electron chi connectivity index (χ2n) is 4.42. The summed E-state index contributed by atoms with van der Waals surface area (Å²) in [5, 5.41) is 1.28. The highest BCUT2D eigenvalue weighted by Gasteiger charge is 2.13. The Balaban J connectivity index is 0.00000161. The summed E-state index contributed by atoms with van der Waals surface area (Å²) in [4.78, 5) is 0. The quantitative estimate of drug-likeness (QED) is 0.651. The van der Waals surface area contributed by atoms with Crippen molar-refractivity contribution in [2.24, 2.45) is 0 Å². The van der Waals surface area contributed by atoms with Crippen LogP contribution >= 0.6 is 8.37 Å². The normalized spacial score (nSPS) is 9.90. The fraction of sp³-hybridized carbons (Fsp3) is 0. The number of hydrogen-bond donors (Lipinski definition) is 0. The first-order valence-corrected chi connectivity index (χ1v) is 7.45. The van der Waals surface area contributed by atoms with E-state index in [-0.39, 0.29) is 12.4 Å². The van der Waals surface area contributed by atoms with E-state index in [0.717, 1.165) is 8.37 Å². The summed E-state index contributed by atoms with van der Waals surface area (Å²) < 4.78 is 2.30. The van der Waals surface area contributed by atoms with Gasteiger partial charge in [-0.15, -0.1) is 4.33 Å². The SMILES string of the molecule is [Cl-].c1ccc(P=[N+](c2ccccc2)c2ccccc2)cc1. The molecule has 0 aliphatic carbocycles. The molecule has 3 aromatic carbocycles. The van der Waals surface area contributed by atoms with E-state index in [9.17, 15) is 0 Å². The lowest BCUT2D eigenvalue weighted by Gasteiger charge is -2.01. The molecule has 3 rings (SSSR count). The van der Waals surface area contributed by atoms with Gasteiger partial charge in [0, 0.05) is 24.3 Å². The van der Waals surface area contributed by atoms with E-state index in [1.807, 2.05) is 18.2 Å². The van der Waals surface area contributed by atoms with Gasteiger partial charge in [-0.2, -0.15) is 0 Å². The topological polar surface area (TPSA) is 3.01 Å². The van der Waals surface area contributed by atoms with Gasteiger partial charge in [-0.1, -0.05) is 54.6 Å².